The van der Waals surface area contributed by atoms with Crippen molar-refractivity contribution in [2.75, 3.05) is 12.3 Å². The number of nitrogens with two attached hydrogens (primary N) is 1. The number of carbonyl (C=O) groups is 1. The molecule has 1 heterocycles. The Hall–Kier alpha value is -1.73. The summed E-state index contributed by atoms with van der Waals surface area (Å²) < 4.78 is 44.7. The summed E-state index contributed by atoms with van der Waals surface area (Å²) in [6, 6.07) is -0.181. The Bertz CT molecular complexity index is 505. The number of aromatic nitrogens is 2. The van der Waals surface area contributed by atoms with Crippen LogP contribution < -0.4 is 5.73 Å². The fourth-order valence-corrected chi connectivity index (χ4v) is 2.48. The van der Waals surface area contributed by atoms with Crippen molar-refractivity contribution >= 4 is 11.8 Å². The first-order valence-corrected chi connectivity index (χ1v) is 6.48. The molecule has 20 heavy (non-hydrogen) atoms. The van der Waals surface area contributed by atoms with Gasteiger partial charge in [0.25, 0.3) is 0 Å². The second-order valence-corrected chi connectivity index (χ2v) is 4.71. The molecule has 0 spiro atoms. The second-order valence-electron chi connectivity index (χ2n) is 4.71. The van der Waals surface area contributed by atoms with Crippen molar-refractivity contribution in [1.82, 2.24) is 9.78 Å². The number of hydrogen-bond donors (Lipinski definition) is 1. The van der Waals surface area contributed by atoms with E-state index in [-0.39, 0.29) is 18.5 Å². The second kappa shape index (κ2) is 5.34. The minimum absolute atomic E-state index is 0.0236. The van der Waals surface area contributed by atoms with E-state index in [1.54, 1.807) is 0 Å². The van der Waals surface area contributed by atoms with Gasteiger partial charge in [-0.2, -0.15) is 18.3 Å². The van der Waals surface area contributed by atoms with E-state index in [4.69, 9.17) is 5.73 Å². The Morgan fingerprint density at radius 1 is 1.45 bits per heavy atom. The van der Waals surface area contributed by atoms with Crippen LogP contribution in [0.4, 0.5) is 19.0 Å². The Morgan fingerprint density at radius 3 is 2.55 bits per heavy atom. The van der Waals surface area contributed by atoms with Crippen molar-refractivity contribution in [3.63, 3.8) is 0 Å². The molecule has 0 bridgehead atoms. The first-order chi connectivity index (χ1) is 9.36. The number of anilines is 1. The number of halogens is 3. The molecule has 0 aliphatic heterocycles. The maximum Gasteiger partial charge on any atom is 0.436 e. The molecule has 2 rings (SSSR count). The molecular weight excluding hydrogens is 275 g/mol. The maximum atomic E-state index is 13.0. The Labute approximate surface area is 113 Å². The van der Waals surface area contributed by atoms with Crippen molar-refractivity contribution < 1.29 is 22.7 Å². The fourth-order valence-electron chi connectivity index (χ4n) is 2.48. The van der Waals surface area contributed by atoms with Gasteiger partial charge >= 0.3 is 12.1 Å². The van der Waals surface area contributed by atoms with E-state index in [0.717, 1.165) is 17.5 Å². The van der Waals surface area contributed by atoms with Crippen LogP contribution in [0, 0.1) is 0 Å². The summed E-state index contributed by atoms with van der Waals surface area (Å²) >= 11 is 0. The third-order valence-corrected chi connectivity index (χ3v) is 3.37. The van der Waals surface area contributed by atoms with E-state index in [1.807, 2.05) is 0 Å². The standard InChI is InChI=1S/C12H16F3N3O2/c1-2-20-11(19)8-9(12(13,14)15)17-18(10(8)16)7-5-3-4-6-7/h7H,2-6,16H2,1H3. The van der Waals surface area contributed by atoms with Crippen molar-refractivity contribution in [3.8, 4) is 0 Å². The van der Waals surface area contributed by atoms with E-state index in [2.05, 4.69) is 9.84 Å². The summed E-state index contributed by atoms with van der Waals surface area (Å²) in [7, 11) is 0. The molecule has 5 nitrogen and oxygen atoms in total. The van der Waals surface area contributed by atoms with E-state index in [9.17, 15) is 18.0 Å². The topological polar surface area (TPSA) is 70.1 Å². The van der Waals surface area contributed by atoms with E-state index < -0.39 is 23.4 Å². The lowest BCUT2D eigenvalue weighted by atomic mass is 10.2. The predicted molar refractivity (Wildman–Crippen MR) is 65.1 cm³/mol. The number of rotatable bonds is 3. The third-order valence-electron chi connectivity index (χ3n) is 3.37. The maximum absolute atomic E-state index is 13.0. The van der Waals surface area contributed by atoms with E-state index >= 15 is 0 Å². The van der Waals surface area contributed by atoms with Crippen molar-refractivity contribution in [2.45, 2.75) is 44.8 Å². The molecule has 0 radical (unpaired) electrons. The zero-order valence-electron chi connectivity index (χ0n) is 11.0. The van der Waals surface area contributed by atoms with Gasteiger partial charge in [-0.1, -0.05) is 12.8 Å². The highest BCUT2D eigenvalue weighted by atomic mass is 19.4. The van der Waals surface area contributed by atoms with Gasteiger partial charge in [-0.3, -0.25) is 0 Å². The van der Waals surface area contributed by atoms with Crippen molar-refractivity contribution in [2.24, 2.45) is 0 Å². The highest BCUT2D eigenvalue weighted by molar-refractivity contribution is 5.95. The van der Waals surface area contributed by atoms with Crippen LogP contribution in [0.25, 0.3) is 0 Å². The number of esters is 1. The fraction of sp³-hybridized carbons (Fsp3) is 0.667. The first-order valence-electron chi connectivity index (χ1n) is 6.48. The van der Waals surface area contributed by atoms with E-state index in [0.29, 0.717) is 12.8 Å². The summed E-state index contributed by atoms with van der Waals surface area (Å²) in [4.78, 5) is 11.7. The summed E-state index contributed by atoms with van der Waals surface area (Å²) in [5, 5.41) is 3.53. The summed E-state index contributed by atoms with van der Waals surface area (Å²) in [5.74, 6) is -1.34. The van der Waals surface area contributed by atoms with Crippen LogP contribution in [0.5, 0.6) is 0 Å². The lowest BCUT2D eigenvalue weighted by Gasteiger charge is -2.11. The summed E-state index contributed by atoms with van der Waals surface area (Å²) in [6.45, 7) is 1.49. The molecule has 1 aliphatic rings. The molecule has 0 saturated heterocycles. The molecule has 0 aromatic carbocycles. The smallest absolute Gasteiger partial charge is 0.436 e. The molecule has 0 atom stereocenters. The molecule has 1 aliphatic carbocycles. The molecule has 112 valence electrons. The largest absolute Gasteiger partial charge is 0.462 e. The Morgan fingerprint density at radius 2 is 2.05 bits per heavy atom. The third kappa shape index (κ3) is 2.59. The number of carbonyl (C=O) groups excluding carboxylic acids is 1. The van der Waals surface area contributed by atoms with Crippen LogP contribution in [-0.2, 0) is 10.9 Å². The van der Waals surface area contributed by atoms with Crippen LogP contribution in [-0.4, -0.2) is 22.4 Å². The van der Waals surface area contributed by atoms with Crippen molar-refractivity contribution in [3.05, 3.63) is 11.3 Å². The zero-order valence-corrected chi connectivity index (χ0v) is 11.0. The normalized spacial score (nSPS) is 16.6. The van der Waals surface area contributed by atoms with Gasteiger partial charge < -0.3 is 10.5 Å². The van der Waals surface area contributed by atoms with Gasteiger partial charge in [0.1, 0.15) is 11.4 Å². The van der Waals surface area contributed by atoms with Gasteiger partial charge in [0.15, 0.2) is 5.69 Å². The molecule has 2 N–H and O–H groups in total. The molecular formula is C12H16F3N3O2. The number of ether oxygens (including phenoxy) is 1. The highest BCUT2D eigenvalue weighted by Gasteiger charge is 2.42. The lowest BCUT2D eigenvalue weighted by molar-refractivity contribution is -0.142. The number of nitrogen functional groups attached to an aromatic ring is 1. The van der Waals surface area contributed by atoms with Crippen LogP contribution in [0.2, 0.25) is 0 Å². The number of alkyl halides is 3. The number of nitrogens with zero attached hydrogens (tertiary/aromatic N) is 2. The van der Waals surface area contributed by atoms with Gasteiger partial charge in [-0.15, -0.1) is 0 Å². The van der Waals surface area contributed by atoms with Crippen LogP contribution >= 0.6 is 0 Å². The minimum Gasteiger partial charge on any atom is -0.462 e. The Kier molecular flexibility index (Phi) is 3.92. The summed E-state index contributed by atoms with van der Waals surface area (Å²) in [5.41, 5.74) is 3.77. The molecule has 0 unspecified atom stereocenters. The SMILES string of the molecule is CCOC(=O)c1c(C(F)(F)F)nn(C2CCCC2)c1N. The number of hydrogen-bond acceptors (Lipinski definition) is 4. The van der Waals surface area contributed by atoms with Crippen molar-refractivity contribution in [1.29, 1.82) is 0 Å². The molecule has 0 amide bonds. The van der Waals surface area contributed by atoms with Crippen LogP contribution in [0.3, 0.4) is 0 Å². The van der Waals surface area contributed by atoms with Gasteiger partial charge in [0, 0.05) is 0 Å². The quantitative estimate of drug-likeness (QED) is 0.869. The monoisotopic (exact) mass is 291 g/mol. The van der Waals surface area contributed by atoms with Crippen LogP contribution in [0.15, 0.2) is 0 Å². The highest BCUT2D eigenvalue weighted by Crippen LogP contribution is 2.38. The van der Waals surface area contributed by atoms with Gasteiger partial charge in [0.05, 0.1) is 12.6 Å². The average Bonchev–Trinajstić information content (AvgIpc) is 2.94. The molecule has 1 saturated carbocycles. The van der Waals surface area contributed by atoms with Gasteiger partial charge in [-0.05, 0) is 19.8 Å². The van der Waals surface area contributed by atoms with E-state index in [1.165, 1.54) is 6.92 Å². The molecule has 1 fully saturated rings. The molecule has 1 aromatic heterocycles. The van der Waals surface area contributed by atoms with Crippen LogP contribution in [0.1, 0.15) is 54.7 Å². The summed E-state index contributed by atoms with van der Waals surface area (Å²) in [6.07, 6.45) is -1.48. The molecule has 8 heteroatoms. The zero-order chi connectivity index (χ0) is 14.9. The molecule has 1 aromatic rings. The minimum atomic E-state index is -4.74. The van der Waals surface area contributed by atoms with Gasteiger partial charge in [0.2, 0.25) is 0 Å². The first kappa shape index (κ1) is 14.7. The average molecular weight is 291 g/mol. The predicted octanol–water partition coefficient (Wildman–Crippen LogP) is 2.78. The Balaban J connectivity index is 2.49. The van der Waals surface area contributed by atoms with Gasteiger partial charge in [-0.25, -0.2) is 9.48 Å². The lowest BCUT2D eigenvalue weighted by Crippen LogP contribution is -2.15.